The lowest BCUT2D eigenvalue weighted by atomic mass is 9.84. The van der Waals surface area contributed by atoms with Gasteiger partial charge in [0.25, 0.3) is 0 Å². The average Bonchev–Trinajstić information content (AvgIpc) is 1.96. The summed E-state index contributed by atoms with van der Waals surface area (Å²) in [6, 6.07) is 3.53. The number of benzene rings is 1. The van der Waals surface area contributed by atoms with Crippen molar-refractivity contribution in [2.75, 3.05) is 7.11 Å². The van der Waals surface area contributed by atoms with E-state index in [2.05, 4.69) is 0 Å². The summed E-state index contributed by atoms with van der Waals surface area (Å²) in [4.78, 5) is 0. The first kappa shape index (κ1) is 8.25. The van der Waals surface area contributed by atoms with Crippen molar-refractivity contribution < 1.29 is 4.74 Å². The Kier molecular flexibility index (Phi) is 2.28. The van der Waals surface area contributed by atoms with Crippen LogP contribution in [0.5, 0.6) is 5.75 Å². The van der Waals surface area contributed by atoms with Gasteiger partial charge in [-0.15, -0.1) is 0 Å². The van der Waals surface area contributed by atoms with E-state index in [9.17, 15) is 0 Å². The van der Waals surface area contributed by atoms with Crippen LogP contribution in [0.1, 0.15) is 5.56 Å². The predicted octanol–water partition coefficient (Wildman–Crippen LogP) is -0.409. The first-order valence-corrected chi connectivity index (χ1v) is 3.34. The van der Waals surface area contributed by atoms with Gasteiger partial charge in [-0.2, -0.15) is 0 Å². The van der Waals surface area contributed by atoms with Crippen LogP contribution < -0.4 is 15.7 Å². The zero-order valence-corrected chi connectivity index (χ0v) is 6.72. The Morgan fingerprint density at radius 1 is 1.27 bits per heavy atom. The largest absolute Gasteiger partial charge is 0.497 e. The first-order valence-electron chi connectivity index (χ1n) is 3.34. The molecule has 0 saturated heterocycles. The average molecular weight is 142 g/mol. The Bertz CT molecular complexity index is 271. The Morgan fingerprint density at radius 2 is 1.91 bits per heavy atom. The Hall–Kier alpha value is -0.850. The lowest BCUT2D eigenvalue weighted by Crippen LogP contribution is -2.16. The molecule has 0 bridgehead atoms. The van der Waals surface area contributed by atoms with Gasteiger partial charge in [0.05, 0.1) is 7.11 Å². The molecule has 0 amide bonds. The quantitative estimate of drug-likeness (QED) is 0.484. The highest BCUT2D eigenvalue weighted by molar-refractivity contribution is 6.38. The summed E-state index contributed by atoms with van der Waals surface area (Å²) < 4.78 is 5.00. The van der Waals surface area contributed by atoms with Crippen LogP contribution >= 0.6 is 0 Å². The molecule has 4 radical (unpaired) electrons. The SMILES string of the molecule is [B]c1cc(C)c([B])c(OC)c1. The molecule has 1 rings (SSSR count). The van der Waals surface area contributed by atoms with Gasteiger partial charge in [-0.05, 0) is 13.0 Å². The smallest absolute Gasteiger partial charge is 0.119 e. The molecule has 0 aliphatic rings. The number of ether oxygens (including phenoxy) is 1. The normalized spacial score (nSPS) is 9.64. The number of hydrogen-bond donors (Lipinski definition) is 0. The van der Waals surface area contributed by atoms with E-state index in [0.29, 0.717) is 16.7 Å². The molecule has 1 aromatic rings. The van der Waals surface area contributed by atoms with Gasteiger partial charge in [0.2, 0.25) is 0 Å². The molecule has 1 nitrogen and oxygen atoms in total. The van der Waals surface area contributed by atoms with Gasteiger partial charge in [-0.25, -0.2) is 0 Å². The van der Waals surface area contributed by atoms with Crippen LogP contribution in [0.3, 0.4) is 0 Å². The summed E-state index contributed by atoms with van der Waals surface area (Å²) in [7, 11) is 12.8. The second kappa shape index (κ2) is 3.04. The van der Waals surface area contributed by atoms with Gasteiger partial charge in [-0.3, -0.25) is 0 Å². The van der Waals surface area contributed by atoms with Gasteiger partial charge < -0.3 is 4.74 Å². The fraction of sp³-hybridized carbons (Fsp3) is 0.250. The lowest BCUT2D eigenvalue weighted by molar-refractivity contribution is 0.418. The van der Waals surface area contributed by atoms with E-state index < -0.39 is 0 Å². The van der Waals surface area contributed by atoms with Crippen molar-refractivity contribution in [1.29, 1.82) is 0 Å². The van der Waals surface area contributed by atoms with E-state index >= 15 is 0 Å². The van der Waals surface area contributed by atoms with Gasteiger partial charge in [0.1, 0.15) is 21.4 Å². The summed E-state index contributed by atoms with van der Waals surface area (Å²) in [6.45, 7) is 1.90. The van der Waals surface area contributed by atoms with Crippen molar-refractivity contribution in [2.45, 2.75) is 6.92 Å². The maximum Gasteiger partial charge on any atom is 0.119 e. The molecular formula is C8H8B2O. The summed E-state index contributed by atoms with van der Waals surface area (Å²) in [5.41, 5.74) is 2.28. The number of aryl methyl sites for hydroxylation is 1. The van der Waals surface area contributed by atoms with E-state index in [4.69, 9.17) is 20.4 Å². The highest BCUT2D eigenvalue weighted by Crippen LogP contribution is 2.04. The predicted molar refractivity (Wildman–Crippen MR) is 48.5 cm³/mol. The zero-order valence-electron chi connectivity index (χ0n) is 6.72. The highest BCUT2D eigenvalue weighted by atomic mass is 16.5. The summed E-state index contributed by atoms with van der Waals surface area (Å²) in [6.07, 6.45) is 0. The number of hydrogen-bond acceptors (Lipinski definition) is 1. The van der Waals surface area contributed by atoms with Crippen LogP contribution in [0, 0.1) is 6.92 Å². The molecule has 52 valence electrons. The van der Waals surface area contributed by atoms with Crippen molar-refractivity contribution in [3.63, 3.8) is 0 Å². The van der Waals surface area contributed by atoms with E-state index in [1.807, 2.05) is 13.0 Å². The molecule has 3 heteroatoms. The molecular weight excluding hydrogens is 134 g/mol. The van der Waals surface area contributed by atoms with Crippen LogP contribution in [0.25, 0.3) is 0 Å². The van der Waals surface area contributed by atoms with Gasteiger partial charge >= 0.3 is 0 Å². The molecule has 0 fully saturated rings. The van der Waals surface area contributed by atoms with Gasteiger partial charge in [-0.1, -0.05) is 22.6 Å². The molecule has 0 unspecified atom stereocenters. The van der Waals surface area contributed by atoms with Crippen LogP contribution in [0.2, 0.25) is 0 Å². The minimum Gasteiger partial charge on any atom is -0.497 e. The third-order valence-electron chi connectivity index (χ3n) is 1.59. The van der Waals surface area contributed by atoms with E-state index in [1.54, 1.807) is 13.2 Å². The Morgan fingerprint density at radius 3 is 2.45 bits per heavy atom. The molecule has 0 atom stereocenters. The standard InChI is InChI=1S/C8H8B2O/c1-5-3-6(9)4-7(11-2)8(5)10/h3-4H,1-2H3. The molecule has 0 aromatic heterocycles. The third-order valence-corrected chi connectivity index (χ3v) is 1.59. The van der Waals surface area contributed by atoms with Crippen molar-refractivity contribution >= 4 is 26.6 Å². The Labute approximate surface area is 69.6 Å². The lowest BCUT2D eigenvalue weighted by Gasteiger charge is -2.08. The van der Waals surface area contributed by atoms with Gasteiger partial charge in [0, 0.05) is 0 Å². The van der Waals surface area contributed by atoms with Crippen LogP contribution in [0.4, 0.5) is 0 Å². The molecule has 0 N–H and O–H groups in total. The minimum absolute atomic E-state index is 0.641. The zero-order chi connectivity index (χ0) is 8.43. The van der Waals surface area contributed by atoms with Crippen molar-refractivity contribution in [3.05, 3.63) is 17.7 Å². The second-order valence-electron chi connectivity index (χ2n) is 2.45. The molecule has 11 heavy (non-hydrogen) atoms. The molecule has 0 heterocycles. The fourth-order valence-corrected chi connectivity index (χ4v) is 0.962. The topological polar surface area (TPSA) is 9.23 Å². The molecule has 0 spiro atoms. The highest BCUT2D eigenvalue weighted by Gasteiger charge is 2.00. The van der Waals surface area contributed by atoms with E-state index in [1.165, 1.54) is 0 Å². The van der Waals surface area contributed by atoms with Crippen molar-refractivity contribution in [3.8, 4) is 5.75 Å². The minimum atomic E-state index is 0.641. The Balaban J connectivity index is 3.24. The second-order valence-corrected chi connectivity index (χ2v) is 2.45. The summed E-state index contributed by atoms with van der Waals surface area (Å²) >= 11 is 0. The molecule has 0 aliphatic heterocycles. The van der Waals surface area contributed by atoms with E-state index in [-0.39, 0.29) is 0 Å². The monoisotopic (exact) mass is 142 g/mol. The maximum absolute atomic E-state index is 5.68. The number of rotatable bonds is 1. The maximum atomic E-state index is 5.68. The van der Waals surface area contributed by atoms with Crippen LogP contribution in [0.15, 0.2) is 12.1 Å². The van der Waals surface area contributed by atoms with Crippen LogP contribution in [-0.4, -0.2) is 22.8 Å². The molecule has 1 aromatic carbocycles. The first-order chi connectivity index (χ1) is 5.15. The number of methoxy groups -OCH3 is 1. The van der Waals surface area contributed by atoms with Gasteiger partial charge in [0.15, 0.2) is 0 Å². The van der Waals surface area contributed by atoms with Crippen molar-refractivity contribution in [1.82, 2.24) is 0 Å². The van der Waals surface area contributed by atoms with Crippen LogP contribution in [-0.2, 0) is 0 Å². The van der Waals surface area contributed by atoms with E-state index in [0.717, 1.165) is 5.56 Å². The summed E-state index contributed by atoms with van der Waals surface area (Å²) in [5, 5.41) is 0. The molecule has 0 aliphatic carbocycles. The third kappa shape index (κ3) is 1.59. The molecule has 0 saturated carbocycles. The van der Waals surface area contributed by atoms with Crippen molar-refractivity contribution in [2.24, 2.45) is 0 Å². The fourth-order valence-electron chi connectivity index (χ4n) is 0.962. The summed E-state index contributed by atoms with van der Waals surface area (Å²) in [5.74, 6) is 0.641.